The smallest absolute Gasteiger partial charge is 0.261 e. The summed E-state index contributed by atoms with van der Waals surface area (Å²) < 4.78 is 25.9. The summed E-state index contributed by atoms with van der Waals surface area (Å²) in [5, 5.41) is 8.85. The molecule has 5 heteroatoms. The molecule has 4 nitrogen and oxygen atoms in total. The summed E-state index contributed by atoms with van der Waals surface area (Å²) in [5.41, 5.74) is 0. The van der Waals surface area contributed by atoms with E-state index < -0.39 is 10.1 Å². The normalized spacial score (nSPS) is 12.9. The molecule has 0 amide bonds. The van der Waals surface area contributed by atoms with Crippen molar-refractivity contribution >= 4 is 10.1 Å². The molecular weight excluding hydrogens is 204 g/mol. The van der Waals surface area contributed by atoms with E-state index in [0.717, 1.165) is 6.42 Å². The van der Waals surface area contributed by atoms with Crippen LogP contribution in [0.25, 0.3) is 0 Å². The lowest BCUT2D eigenvalue weighted by Gasteiger charge is -2.01. The van der Waals surface area contributed by atoms with Crippen LogP contribution in [0.3, 0.4) is 0 Å². The number of rotatable bonds is 5. The highest BCUT2D eigenvalue weighted by atomic mass is 32.2. The van der Waals surface area contributed by atoms with Gasteiger partial charge in [0.15, 0.2) is 0 Å². The number of aliphatic hydroxyl groups is 1. The first-order chi connectivity index (χ1) is 6.27. The summed E-state index contributed by atoms with van der Waals surface area (Å²) >= 11 is 0. The summed E-state index contributed by atoms with van der Waals surface area (Å²) in [5.74, 6) is 0. The highest BCUT2D eigenvalue weighted by Crippen LogP contribution is 2.04. The lowest BCUT2D eigenvalue weighted by molar-refractivity contribution is 0.180. The second-order valence-corrected chi connectivity index (χ2v) is 4.90. The Bertz CT molecular complexity index is 189. The van der Waals surface area contributed by atoms with Crippen LogP contribution in [0.15, 0.2) is 0 Å². The molecule has 0 aliphatic carbocycles. The maximum atomic E-state index is 9.19. The van der Waals surface area contributed by atoms with Gasteiger partial charge >= 0.3 is 0 Å². The van der Waals surface area contributed by atoms with Crippen LogP contribution in [-0.4, -0.2) is 30.4 Å². The van der Waals surface area contributed by atoms with Crippen LogP contribution >= 0.6 is 0 Å². The van der Waals surface area contributed by atoms with E-state index in [-0.39, 0.29) is 6.10 Å². The third-order valence-electron chi connectivity index (χ3n) is 1.48. The average Bonchev–Trinajstić information content (AvgIpc) is 1.94. The molecule has 1 atom stereocenters. The van der Waals surface area contributed by atoms with E-state index in [4.69, 9.17) is 9.66 Å². The summed E-state index contributed by atoms with van der Waals surface area (Å²) in [6, 6.07) is 0. The van der Waals surface area contributed by atoms with Crippen LogP contribution in [0.4, 0.5) is 0 Å². The quantitative estimate of drug-likeness (QED) is 0.554. The molecule has 0 radical (unpaired) electrons. The average molecular weight is 226 g/mol. The molecule has 0 aromatic rings. The number of hydrogen-bond donors (Lipinski definition) is 2. The van der Waals surface area contributed by atoms with E-state index in [0.29, 0.717) is 6.26 Å². The first-order valence-electron chi connectivity index (χ1n) is 4.88. The van der Waals surface area contributed by atoms with Crippen LogP contribution in [-0.2, 0) is 10.1 Å². The zero-order chi connectivity index (χ0) is 11.6. The second kappa shape index (κ2) is 9.43. The van der Waals surface area contributed by atoms with Crippen molar-refractivity contribution < 1.29 is 18.1 Å². The molecule has 0 saturated heterocycles. The van der Waals surface area contributed by atoms with E-state index >= 15 is 0 Å². The van der Waals surface area contributed by atoms with Gasteiger partial charge in [-0.2, -0.15) is 8.42 Å². The molecule has 0 saturated carbocycles. The molecule has 0 fully saturated rings. The van der Waals surface area contributed by atoms with Crippen molar-refractivity contribution in [1.29, 1.82) is 0 Å². The minimum atomic E-state index is -3.67. The zero-order valence-electron chi connectivity index (χ0n) is 9.23. The van der Waals surface area contributed by atoms with Gasteiger partial charge in [0, 0.05) is 0 Å². The largest absolute Gasteiger partial charge is 0.393 e. The van der Waals surface area contributed by atoms with Crippen LogP contribution in [0, 0.1) is 0 Å². The summed E-state index contributed by atoms with van der Waals surface area (Å²) in [7, 11) is -3.67. The fourth-order valence-corrected chi connectivity index (χ4v) is 0.867. The molecule has 0 aliphatic rings. The van der Waals surface area contributed by atoms with Crippen molar-refractivity contribution in [3.05, 3.63) is 0 Å². The molecule has 88 valence electrons. The van der Waals surface area contributed by atoms with Gasteiger partial charge < -0.3 is 5.11 Å². The Morgan fingerprint density at radius 2 is 1.64 bits per heavy atom. The first kappa shape index (κ1) is 16.3. The van der Waals surface area contributed by atoms with Gasteiger partial charge in [-0.05, 0) is 13.3 Å². The highest BCUT2D eigenvalue weighted by molar-refractivity contribution is 7.85. The van der Waals surface area contributed by atoms with E-state index in [1.807, 2.05) is 6.92 Å². The van der Waals surface area contributed by atoms with Crippen molar-refractivity contribution in [2.24, 2.45) is 0 Å². The fraction of sp³-hybridized carbons (Fsp3) is 1.00. The van der Waals surface area contributed by atoms with Crippen LogP contribution in [0.2, 0.25) is 0 Å². The Labute approximate surface area is 87.1 Å². The van der Waals surface area contributed by atoms with Crippen LogP contribution < -0.4 is 0 Å². The van der Waals surface area contributed by atoms with Gasteiger partial charge in [-0.25, -0.2) is 0 Å². The molecule has 0 spiro atoms. The van der Waals surface area contributed by atoms with Crippen molar-refractivity contribution in [3.8, 4) is 0 Å². The molecule has 0 rings (SSSR count). The highest BCUT2D eigenvalue weighted by Gasteiger charge is 1.93. The standard InChI is InChI=1S/C8H18O.CH4O3S/c1-3-4-5-6-7-8(2)9;1-5(2,3)4/h8-9H,3-7H2,1-2H3;1H3,(H,2,3,4)/t8-;/m0./s1. The zero-order valence-corrected chi connectivity index (χ0v) is 10.0. The predicted molar refractivity (Wildman–Crippen MR) is 57.9 cm³/mol. The topological polar surface area (TPSA) is 74.6 Å². The Hall–Kier alpha value is -0.130. The Morgan fingerprint density at radius 3 is 1.93 bits per heavy atom. The minimum Gasteiger partial charge on any atom is -0.393 e. The van der Waals surface area contributed by atoms with Gasteiger partial charge in [-0.15, -0.1) is 0 Å². The Kier molecular flexibility index (Phi) is 11.0. The maximum Gasteiger partial charge on any atom is 0.261 e. The molecule has 0 aromatic heterocycles. The van der Waals surface area contributed by atoms with Crippen molar-refractivity contribution in [2.75, 3.05) is 6.26 Å². The van der Waals surface area contributed by atoms with E-state index in [9.17, 15) is 8.42 Å². The maximum absolute atomic E-state index is 9.19. The van der Waals surface area contributed by atoms with Gasteiger partial charge in [0.25, 0.3) is 10.1 Å². The fourth-order valence-electron chi connectivity index (χ4n) is 0.867. The number of aliphatic hydroxyl groups excluding tert-OH is 1. The van der Waals surface area contributed by atoms with Gasteiger partial charge in [0.05, 0.1) is 12.4 Å². The van der Waals surface area contributed by atoms with Gasteiger partial charge in [-0.3, -0.25) is 4.55 Å². The van der Waals surface area contributed by atoms with E-state index in [1.165, 1.54) is 25.7 Å². The molecule has 0 aromatic carbocycles. The molecule has 2 N–H and O–H groups in total. The summed E-state index contributed by atoms with van der Waals surface area (Å²) in [6.07, 6.45) is 6.65. The summed E-state index contributed by atoms with van der Waals surface area (Å²) in [4.78, 5) is 0. The third kappa shape index (κ3) is 40.7. The lowest BCUT2D eigenvalue weighted by Crippen LogP contribution is -1.97. The van der Waals surface area contributed by atoms with Crippen molar-refractivity contribution in [2.45, 2.75) is 52.1 Å². The van der Waals surface area contributed by atoms with Gasteiger partial charge in [0.1, 0.15) is 0 Å². The second-order valence-electron chi connectivity index (χ2n) is 3.43. The summed E-state index contributed by atoms with van der Waals surface area (Å²) in [6.45, 7) is 4.05. The predicted octanol–water partition coefficient (Wildman–Crippen LogP) is 1.84. The Morgan fingerprint density at radius 1 is 1.21 bits per heavy atom. The number of unbranched alkanes of at least 4 members (excludes halogenated alkanes) is 3. The van der Waals surface area contributed by atoms with E-state index in [1.54, 1.807) is 0 Å². The molecular formula is C9H22O4S. The van der Waals surface area contributed by atoms with Crippen LogP contribution in [0.1, 0.15) is 46.0 Å². The van der Waals surface area contributed by atoms with Crippen LogP contribution in [0.5, 0.6) is 0 Å². The minimum absolute atomic E-state index is 0.0955. The molecule has 0 aliphatic heterocycles. The molecule has 0 bridgehead atoms. The van der Waals surface area contributed by atoms with Crippen molar-refractivity contribution in [3.63, 3.8) is 0 Å². The molecule has 0 heterocycles. The van der Waals surface area contributed by atoms with Gasteiger partial charge in [0.2, 0.25) is 0 Å². The third-order valence-corrected chi connectivity index (χ3v) is 1.48. The van der Waals surface area contributed by atoms with Gasteiger partial charge in [-0.1, -0.05) is 32.6 Å². The monoisotopic (exact) mass is 226 g/mol. The Balaban J connectivity index is 0. The lowest BCUT2D eigenvalue weighted by atomic mass is 10.1. The SMILES string of the molecule is CCCCCC[C@H](C)O.CS(=O)(=O)O. The van der Waals surface area contributed by atoms with E-state index in [2.05, 4.69) is 6.92 Å². The molecule has 14 heavy (non-hydrogen) atoms. The van der Waals surface area contributed by atoms with Crippen molar-refractivity contribution in [1.82, 2.24) is 0 Å². The first-order valence-corrected chi connectivity index (χ1v) is 6.72. The molecule has 0 unspecified atom stereocenters. The number of hydrogen-bond acceptors (Lipinski definition) is 3.